The van der Waals surface area contributed by atoms with E-state index in [-0.39, 0.29) is 17.8 Å². The number of halogens is 2. The molecule has 0 saturated heterocycles. The summed E-state index contributed by atoms with van der Waals surface area (Å²) >= 11 is 2.01. The average molecular weight is 307 g/mol. The molecule has 0 unspecified atom stereocenters. The third-order valence-corrected chi connectivity index (χ3v) is 2.53. The molecule has 0 spiro atoms. The molecular formula is C10H11FINO. The van der Waals surface area contributed by atoms with Crippen LogP contribution in [0.15, 0.2) is 18.2 Å². The molecule has 1 aromatic carbocycles. The summed E-state index contributed by atoms with van der Waals surface area (Å²) < 4.78 is 13.6. The van der Waals surface area contributed by atoms with Crippen molar-refractivity contribution in [3.8, 4) is 0 Å². The lowest BCUT2D eigenvalue weighted by molar-refractivity contribution is 0.0942. The van der Waals surface area contributed by atoms with Gasteiger partial charge in [-0.15, -0.1) is 0 Å². The van der Waals surface area contributed by atoms with Crippen molar-refractivity contribution in [1.29, 1.82) is 0 Å². The van der Waals surface area contributed by atoms with Crippen LogP contribution >= 0.6 is 22.6 Å². The van der Waals surface area contributed by atoms with Gasteiger partial charge in [0.15, 0.2) is 0 Å². The maximum absolute atomic E-state index is 12.9. The topological polar surface area (TPSA) is 29.1 Å². The fraction of sp³-hybridized carbons (Fsp3) is 0.300. The zero-order valence-electron chi connectivity index (χ0n) is 7.97. The minimum atomic E-state index is -0.390. The molecule has 0 radical (unpaired) electrons. The average Bonchev–Trinajstić information content (AvgIpc) is 2.08. The summed E-state index contributed by atoms with van der Waals surface area (Å²) in [5, 5.41) is 2.72. The molecule has 0 fully saturated rings. The Kier molecular flexibility index (Phi) is 3.86. The number of amides is 1. The molecule has 4 heteroatoms. The van der Waals surface area contributed by atoms with Crippen molar-refractivity contribution in [2.45, 2.75) is 19.9 Å². The van der Waals surface area contributed by atoms with Gasteiger partial charge >= 0.3 is 0 Å². The molecule has 1 N–H and O–H groups in total. The van der Waals surface area contributed by atoms with Crippen molar-refractivity contribution < 1.29 is 9.18 Å². The summed E-state index contributed by atoms with van der Waals surface area (Å²) in [5.41, 5.74) is 0.388. The molecule has 0 bridgehead atoms. The Morgan fingerprint density at radius 2 is 2.14 bits per heavy atom. The number of rotatable bonds is 2. The van der Waals surface area contributed by atoms with Crippen LogP contribution in [0.1, 0.15) is 24.2 Å². The quantitative estimate of drug-likeness (QED) is 0.836. The fourth-order valence-electron chi connectivity index (χ4n) is 1.01. The van der Waals surface area contributed by atoms with Crippen LogP contribution in [-0.2, 0) is 0 Å². The molecule has 1 rings (SSSR count). The van der Waals surface area contributed by atoms with Gasteiger partial charge in [0.2, 0.25) is 0 Å². The maximum Gasteiger partial charge on any atom is 0.252 e. The molecule has 0 heterocycles. The van der Waals surface area contributed by atoms with E-state index in [1.54, 1.807) is 6.07 Å². The molecule has 2 nitrogen and oxygen atoms in total. The van der Waals surface area contributed by atoms with E-state index < -0.39 is 0 Å². The number of hydrogen-bond acceptors (Lipinski definition) is 1. The monoisotopic (exact) mass is 307 g/mol. The lowest BCUT2D eigenvalue weighted by atomic mass is 10.2. The van der Waals surface area contributed by atoms with Gasteiger partial charge in [-0.3, -0.25) is 4.79 Å². The molecule has 1 amide bonds. The standard InChI is InChI=1S/C10H11FINO/c1-6(2)13-10(14)8-5-7(11)3-4-9(8)12/h3-6H,1-2H3,(H,13,14). The fourth-order valence-corrected chi connectivity index (χ4v) is 1.59. The summed E-state index contributed by atoms with van der Waals surface area (Å²) in [6.07, 6.45) is 0. The Labute approximate surface area is 96.0 Å². The van der Waals surface area contributed by atoms with E-state index in [0.29, 0.717) is 5.56 Å². The van der Waals surface area contributed by atoms with Crippen LogP contribution in [0, 0.1) is 9.39 Å². The van der Waals surface area contributed by atoms with Crippen LogP contribution in [0.25, 0.3) is 0 Å². The second kappa shape index (κ2) is 4.72. The van der Waals surface area contributed by atoms with Gasteiger partial charge in [0.05, 0.1) is 5.56 Å². The molecule has 14 heavy (non-hydrogen) atoms. The highest BCUT2D eigenvalue weighted by atomic mass is 127. The molecule has 1 aromatic rings. The number of carbonyl (C=O) groups excluding carboxylic acids is 1. The van der Waals surface area contributed by atoms with E-state index in [0.717, 1.165) is 3.57 Å². The summed E-state index contributed by atoms with van der Waals surface area (Å²) in [4.78, 5) is 11.5. The maximum atomic E-state index is 12.9. The number of benzene rings is 1. The van der Waals surface area contributed by atoms with Crippen molar-refractivity contribution in [3.63, 3.8) is 0 Å². The van der Waals surface area contributed by atoms with Gasteiger partial charge in [0.25, 0.3) is 5.91 Å². The third kappa shape index (κ3) is 2.94. The Morgan fingerprint density at radius 1 is 1.50 bits per heavy atom. The first-order valence-corrected chi connectivity index (χ1v) is 5.34. The summed E-state index contributed by atoms with van der Waals surface area (Å²) in [6.45, 7) is 3.73. The van der Waals surface area contributed by atoms with Crippen LogP contribution in [0.5, 0.6) is 0 Å². The highest BCUT2D eigenvalue weighted by Gasteiger charge is 2.11. The van der Waals surface area contributed by atoms with Crippen LogP contribution in [0.2, 0.25) is 0 Å². The molecule has 0 aliphatic heterocycles. The molecule has 0 aromatic heterocycles. The van der Waals surface area contributed by atoms with Gasteiger partial charge in [-0.1, -0.05) is 0 Å². The third-order valence-electron chi connectivity index (χ3n) is 1.59. The van der Waals surface area contributed by atoms with E-state index in [1.165, 1.54) is 12.1 Å². The number of carbonyl (C=O) groups is 1. The lowest BCUT2D eigenvalue weighted by Gasteiger charge is -2.09. The predicted octanol–water partition coefficient (Wildman–Crippen LogP) is 2.57. The van der Waals surface area contributed by atoms with Crippen LogP contribution in [-0.4, -0.2) is 11.9 Å². The van der Waals surface area contributed by atoms with Crippen LogP contribution < -0.4 is 5.32 Å². The highest BCUT2D eigenvalue weighted by molar-refractivity contribution is 14.1. The van der Waals surface area contributed by atoms with Crippen LogP contribution in [0.3, 0.4) is 0 Å². The smallest absolute Gasteiger partial charge is 0.252 e. The van der Waals surface area contributed by atoms with Crippen LogP contribution in [0.4, 0.5) is 4.39 Å². The molecule has 0 saturated carbocycles. The zero-order valence-corrected chi connectivity index (χ0v) is 10.1. The SMILES string of the molecule is CC(C)NC(=O)c1cc(F)ccc1I. The van der Waals surface area contributed by atoms with Gasteiger partial charge in [0.1, 0.15) is 5.82 Å². The zero-order chi connectivity index (χ0) is 10.7. The summed E-state index contributed by atoms with van der Waals surface area (Å²) in [6, 6.07) is 4.24. The lowest BCUT2D eigenvalue weighted by Crippen LogP contribution is -2.30. The number of hydrogen-bond donors (Lipinski definition) is 1. The van der Waals surface area contributed by atoms with Gasteiger partial charge in [-0.2, -0.15) is 0 Å². The first-order chi connectivity index (χ1) is 6.50. The second-order valence-corrected chi connectivity index (χ2v) is 4.41. The first kappa shape index (κ1) is 11.4. The summed E-state index contributed by atoms with van der Waals surface area (Å²) in [5.74, 6) is -0.622. The van der Waals surface area contributed by atoms with Crippen molar-refractivity contribution in [2.75, 3.05) is 0 Å². The van der Waals surface area contributed by atoms with Gasteiger partial charge in [0, 0.05) is 9.61 Å². The normalized spacial score (nSPS) is 10.4. The second-order valence-electron chi connectivity index (χ2n) is 3.25. The Bertz CT molecular complexity index is 352. The minimum absolute atomic E-state index is 0.0570. The first-order valence-electron chi connectivity index (χ1n) is 4.26. The van der Waals surface area contributed by atoms with E-state index in [2.05, 4.69) is 5.32 Å². The Balaban J connectivity index is 2.94. The molecule has 0 aliphatic carbocycles. The van der Waals surface area contributed by atoms with Gasteiger partial charge in [-0.05, 0) is 54.6 Å². The van der Waals surface area contributed by atoms with Crippen molar-refractivity contribution in [3.05, 3.63) is 33.1 Å². The summed E-state index contributed by atoms with van der Waals surface area (Å²) in [7, 11) is 0. The van der Waals surface area contributed by atoms with Gasteiger partial charge < -0.3 is 5.32 Å². The number of nitrogens with one attached hydrogen (secondary N) is 1. The highest BCUT2D eigenvalue weighted by Crippen LogP contribution is 2.13. The predicted molar refractivity (Wildman–Crippen MR) is 61.7 cm³/mol. The van der Waals surface area contributed by atoms with E-state index >= 15 is 0 Å². The van der Waals surface area contributed by atoms with Gasteiger partial charge in [-0.25, -0.2) is 4.39 Å². The molecule has 76 valence electrons. The largest absolute Gasteiger partial charge is 0.350 e. The van der Waals surface area contributed by atoms with E-state index in [1.807, 2.05) is 36.4 Å². The Hall–Kier alpha value is -0.650. The molecule has 0 aliphatic rings. The minimum Gasteiger partial charge on any atom is -0.350 e. The molecule has 0 atom stereocenters. The van der Waals surface area contributed by atoms with Crippen molar-refractivity contribution in [1.82, 2.24) is 5.32 Å². The molecular weight excluding hydrogens is 296 g/mol. The van der Waals surface area contributed by atoms with E-state index in [4.69, 9.17) is 0 Å². The van der Waals surface area contributed by atoms with E-state index in [9.17, 15) is 9.18 Å². The Morgan fingerprint density at radius 3 is 2.71 bits per heavy atom. The van der Waals surface area contributed by atoms with Crippen molar-refractivity contribution in [2.24, 2.45) is 0 Å². The van der Waals surface area contributed by atoms with Crippen molar-refractivity contribution >= 4 is 28.5 Å².